The SMILES string of the molecule is C=CC(=O)N1CC(Nc2cnc3[nH]cc(C(=O)NCC)c3n2)C2(CC2)C1.C=CC(=O)N1C[C@H](Nc2cnc3[nH]cc(C(=O)NCCOC)c3n2)[C@](C)(C#N)C1. The van der Waals surface area contributed by atoms with Gasteiger partial charge in [0.2, 0.25) is 11.8 Å². The fraction of sp³-hybridized carbons (Fsp3) is 0.432. The van der Waals surface area contributed by atoms with Crippen LogP contribution in [0.2, 0.25) is 0 Å². The van der Waals surface area contributed by atoms with Gasteiger partial charge in [0.05, 0.1) is 53.7 Å². The van der Waals surface area contributed by atoms with Crippen molar-refractivity contribution < 1.29 is 23.9 Å². The minimum atomic E-state index is -0.798. The van der Waals surface area contributed by atoms with Gasteiger partial charge in [0.25, 0.3) is 11.8 Å². The van der Waals surface area contributed by atoms with E-state index in [4.69, 9.17) is 4.74 Å². The predicted molar refractivity (Wildman–Crippen MR) is 204 cm³/mol. The quantitative estimate of drug-likeness (QED) is 0.0900. The highest BCUT2D eigenvalue weighted by Crippen LogP contribution is 2.53. The number of methoxy groups -OCH3 is 1. The van der Waals surface area contributed by atoms with Crippen LogP contribution in [0.25, 0.3) is 22.3 Å². The second kappa shape index (κ2) is 15.9. The molecule has 1 saturated carbocycles. The molecule has 2 saturated heterocycles. The Labute approximate surface area is 317 Å². The van der Waals surface area contributed by atoms with Crippen LogP contribution >= 0.6 is 0 Å². The van der Waals surface area contributed by atoms with E-state index in [1.54, 1.807) is 37.5 Å². The summed E-state index contributed by atoms with van der Waals surface area (Å²) in [5.74, 6) is 0.316. The van der Waals surface area contributed by atoms with Crippen LogP contribution in [0.5, 0.6) is 0 Å². The van der Waals surface area contributed by atoms with E-state index in [0.717, 1.165) is 19.4 Å². The van der Waals surface area contributed by atoms with Crippen LogP contribution in [0.15, 0.2) is 50.1 Å². The molecule has 0 radical (unpaired) electrons. The summed E-state index contributed by atoms with van der Waals surface area (Å²) < 4.78 is 4.93. The summed E-state index contributed by atoms with van der Waals surface area (Å²) in [4.78, 5) is 75.6. The smallest absolute Gasteiger partial charge is 0.255 e. The molecule has 6 N–H and O–H groups in total. The summed E-state index contributed by atoms with van der Waals surface area (Å²) >= 11 is 0. The van der Waals surface area contributed by atoms with E-state index in [2.05, 4.69) is 70.4 Å². The Bertz CT molecular complexity index is 2170. The van der Waals surface area contributed by atoms with Crippen LogP contribution < -0.4 is 21.3 Å². The summed E-state index contributed by atoms with van der Waals surface area (Å²) in [7, 11) is 1.56. The number of anilines is 2. The van der Waals surface area contributed by atoms with Gasteiger partial charge in [-0.05, 0) is 38.8 Å². The van der Waals surface area contributed by atoms with Gasteiger partial charge in [0, 0.05) is 64.2 Å². The third-order valence-electron chi connectivity index (χ3n) is 10.3. The fourth-order valence-electron chi connectivity index (χ4n) is 6.98. The van der Waals surface area contributed by atoms with Crippen molar-refractivity contribution in [2.45, 2.75) is 38.8 Å². The first-order valence-electron chi connectivity index (χ1n) is 18.0. The summed E-state index contributed by atoms with van der Waals surface area (Å²) in [5, 5.41) is 21.8. The minimum absolute atomic E-state index is 0.0359. The lowest BCUT2D eigenvalue weighted by Crippen LogP contribution is -2.36. The normalized spacial score (nSPS) is 20.7. The maximum Gasteiger partial charge on any atom is 0.255 e. The number of H-pyrrole nitrogens is 2. The van der Waals surface area contributed by atoms with Crippen LogP contribution in [-0.2, 0) is 14.3 Å². The molecule has 3 fully saturated rings. The van der Waals surface area contributed by atoms with Crippen molar-refractivity contribution in [2.24, 2.45) is 10.8 Å². The fourth-order valence-corrected chi connectivity index (χ4v) is 6.98. The van der Waals surface area contributed by atoms with Crippen LogP contribution in [0, 0.1) is 22.2 Å². The van der Waals surface area contributed by atoms with Crippen molar-refractivity contribution in [3.05, 3.63) is 61.2 Å². The van der Waals surface area contributed by atoms with E-state index in [9.17, 15) is 24.4 Å². The highest BCUT2D eigenvalue weighted by atomic mass is 16.5. The number of rotatable bonds is 12. The van der Waals surface area contributed by atoms with Crippen LogP contribution in [0.3, 0.4) is 0 Å². The predicted octanol–water partition coefficient (Wildman–Crippen LogP) is 1.97. The van der Waals surface area contributed by atoms with Crippen LogP contribution in [-0.4, -0.2) is 128 Å². The number of nitrogens with one attached hydrogen (secondary N) is 6. The third kappa shape index (κ3) is 7.97. The molecule has 18 nitrogen and oxygen atoms in total. The molecule has 7 rings (SSSR count). The van der Waals surface area contributed by atoms with Gasteiger partial charge in [-0.2, -0.15) is 5.26 Å². The molecule has 1 spiro atoms. The van der Waals surface area contributed by atoms with Crippen molar-refractivity contribution in [3.8, 4) is 6.07 Å². The maximum atomic E-state index is 12.4. The van der Waals surface area contributed by atoms with Gasteiger partial charge in [0.15, 0.2) is 11.3 Å². The minimum Gasteiger partial charge on any atom is -0.383 e. The lowest BCUT2D eigenvalue weighted by molar-refractivity contribution is -0.126. The number of carbonyl (C=O) groups excluding carboxylic acids is 4. The van der Waals surface area contributed by atoms with E-state index >= 15 is 0 Å². The molecule has 288 valence electrons. The van der Waals surface area contributed by atoms with Gasteiger partial charge in [-0.15, -0.1) is 0 Å². The molecule has 4 aromatic rings. The molecule has 3 aliphatic rings. The number of ether oxygens (including phenoxy) is 1. The Kier molecular flexibility index (Phi) is 11.1. The topological polar surface area (TPSA) is 239 Å². The molecular formula is C37H45N13O5. The van der Waals surface area contributed by atoms with E-state index in [0.29, 0.717) is 84.4 Å². The number of hydrogen-bond donors (Lipinski definition) is 6. The zero-order valence-corrected chi connectivity index (χ0v) is 31.1. The largest absolute Gasteiger partial charge is 0.383 e. The second-order valence-electron chi connectivity index (χ2n) is 14.0. The third-order valence-corrected chi connectivity index (χ3v) is 10.3. The summed E-state index contributed by atoms with van der Waals surface area (Å²) in [6.07, 6.45) is 11.2. The number of hydrogen-bond acceptors (Lipinski definition) is 12. The van der Waals surface area contributed by atoms with Crippen molar-refractivity contribution in [3.63, 3.8) is 0 Å². The van der Waals surface area contributed by atoms with E-state index in [1.807, 2.05) is 11.8 Å². The van der Waals surface area contributed by atoms with Gasteiger partial charge >= 0.3 is 0 Å². The average Bonchev–Trinajstić information content (AvgIpc) is 3.46. The van der Waals surface area contributed by atoms with Gasteiger partial charge in [-0.25, -0.2) is 19.9 Å². The molecule has 4 amide bonds. The van der Waals surface area contributed by atoms with E-state index < -0.39 is 5.41 Å². The lowest BCUT2D eigenvalue weighted by atomic mass is 9.87. The van der Waals surface area contributed by atoms with Gasteiger partial charge in [-0.3, -0.25) is 19.2 Å². The molecule has 1 aliphatic carbocycles. The first-order valence-corrected chi connectivity index (χ1v) is 18.0. The summed E-state index contributed by atoms with van der Waals surface area (Å²) in [5.41, 5.74) is 2.18. The molecule has 3 atom stereocenters. The number of likely N-dealkylation sites (tertiary alicyclic amines) is 2. The zero-order chi connectivity index (χ0) is 39.3. The average molecular weight is 752 g/mol. The summed E-state index contributed by atoms with van der Waals surface area (Å²) in [6.45, 7) is 14.1. The Morgan fingerprint density at radius 2 is 1.44 bits per heavy atom. The second-order valence-corrected chi connectivity index (χ2v) is 14.0. The molecule has 0 bridgehead atoms. The lowest BCUT2D eigenvalue weighted by Gasteiger charge is -2.23. The molecule has 1 unspecified atom stereocenters. The first-order chi connectivity index (χ1) is 26.5. The highest BCUT2D eigenvalue weighted by molar-refractivity contribution is 6.05. The molecule has 55 heavy (non-hydrogen) atoms. The number of carbonyl (C=O) groups is 4. The van der Waals surface area contributed by atoms with Crippen molar-refractivity contribution >= 4 is 57.6 Å². The standard InChI is InChI=1S/C19H23N7O3.C18H22N6O2/c1-4-15(27)26-9-13(19(2,10-20)11-26)24-14-8-23-17-16(25-14)12(7-22-17)18(28)21-5-6-29-3;1-3-14(25)24-9-12(18(10-24)5-6-18)22-13-8-21-16-15(23-13)11(7-20-16)17(26)19-4-2/h4,7-8,13H,1,5-6,9,11H2,2-3H3,(H,21,28)(H,22,23)(H,24,25);3,7-8,12H,1,4-6,9-10H2,2H3,(H,19,26)(H,20,21)(H,22,23)/t13-,19+;/m0./s1. The molecule has 2 aliphatic heterocycles. The van der Waals surface area contributed by atoms with Crippen LogP contribution in [0.4, 0.5) is 11.6 Å². The number of nitriles is 1. The van der Waals surface area contributed by atoms with Crippen molar-refractivity contribution in [1.29, 1.82) is 5.26 Å². The Hall–Kier alpha value is -6.35. The van der Waals surface area contributed by atoms with Gasteiger partial charge in [-0.1, -0.05) is 13.2 Å². The number of aromatic nitrogens is 6. The first kappa shape index (κ1) is 38.4. The number of amides is 4. The number of fused-ring (bicyclic) bond motifs is 2. The Morgan fingerprint density at radius 3 is 1.95 bits per heavy atom. The van der Waals surface area contributed by atoms with Gasteiger partial charge < -0.3 is 45.8 Å². The van der Waals surface area contributed by atoms with Gasteiger partial charge in [0.1, 0.15) is 22.7 Å². The monoisotopic (exact) mass is 751 g/mol. The number of nitrogens with zero attached hydrogens (tertiary/aromatic N) is 7. The molecule has 0 aromatic carbocycles. The molecule has 4 aromatic heterocycles. The van der Waals surface area contributed by atoms with E-state index in [1.165, 1.54) is 18.3 Å². The highest BCUT2D eigenvalue weighted by Gasteiger charge is 2.56. The molecular weight excluding hydrogens is 706 g/mol. The number of aromatic amines is 2. The Morgan fingerprint density at radius 1 is 0.909 bits per heavy atom. The maximum absolute atomic E-state index is 12.4. The van der Waals surface area contributed by atoms with Crippen LogP contribution in [0.1, 0.15) is 47.4 Å². The molecule has 18 heteroatoms. The van der Waals surface area contributed by atoms with Crippen molar-refractivity contribution in [1.82, 2.24) is 50.3 Å². The summed E-state index contributed by atoms with van der Waals surface area (Å²) in [6, 6.07) is 2.07. The Balaban J connectivity index is 0.000000188. The van der Waals surface area contributed by atoms with Crippen molar-refractivity contribution in [2.75, 3.05) is 63.6 Å². The zero-order valence-electron chi connectivity index (χ0n) is 31.1. The van der Waals surface area contributed by atoms with E-state index in [-0.39, 0.29) is 41.1 Å². The molecule has 6 heterocycles.